The normalized spacial score (nSPS) is 13.0. The number of carbonyl (C=O) groups is 1. The molecule has 1 N–H and O–H groups in total. The predicted octanol–water partition coefficient (Wildman–Crippen LogP) is 2.90. The van der Waals surface area contributed by atoms with E-state index in [0.717, 1.165) is 31.7 Å². The molecule has 0 spiro atoms. The quantitative estimate of drug-likeness (QED) is 0.786. The summed E-state index contributed by atoms with van der Waals surface area (Å²) in [5.41, 5.74) is 0.475. The number of aryl methyl sites for hydroxylation is 1. The topological polar surface area (TPSA) is 65.4 Å². The van der Waals surface area contributed by atoms with Gasteiger partial charge in [0.2, 0.25) is 0 Å². The number of alkyl carbamates (subject to hydrolysis) is 1. The standard InChI is InChI=1S/C15H27N3O3/c1-12(17-14(19)21-15(2,3)4)13-10-16-11-18(13)8-6-7-9-20-5/h10-12H,6-9H2,1-5H3,(H,17,19). The molecule has 120 valence electrons. The lowest BCUT2D eigenvalue weighted by Gasteiger charge is -2.22. The molecule has 1 rings (SSSR count). The summed E-state index contributed by atoms with van der Waals surface area (Å²) in [5.74, 6) is 0. The molecule has 1 heterocycles. The molecule has 1 unspecified atom stereocenters. The van der Waals surface area contributed by atoms with Gasteiger partial charge in [0.25, 0.3) is 0 Å². The number of hydrogen-bond acceptors (Lipinski definition) is 4. The molecule has 1 amide bonds. The number of imidazole rings is 1. The largest absolute Gasteiger partial charge is 0.444 e. The molecule has 0 aliphatic rings. The van der Waals surface area contributed by atoms with Crippen molar-refractivity contribution >= 4 is 6.09 Å². The number of methoxy groups -OCH3 is 1. The molecule has 1 aromatic heterocycles. The Labute approximate surface area is 126 Å². The van der Waals surface area contributed by atoms with E-state index >= 15 is 0 Å². The van der Waals surface area contributed by atoms with E-state index < -0.39 is 11.7 Å². The molecule has 0 bridgehead atoms. The van der Waals surface area contributed by atoms with E-state index in [1.807, 2.05) is 27.7 Å². The summed E-state index contributed by atoms with van der Waals surface area (Å²) in [4.78, 5) is 16.0. The van der Waals surface area contributed by atoms with Gasteiger partial charge in [-0.2, -0.15) is 0 Å². The molecular weight excluding hydrogens is 270 g/mol. The van der Waals surface area contributed by atoms with Gasteiger partial charge in [0.15, 0.2) is 0 Å². The Kier molecular flexibility index (Phi) is 6.68. The van der Waals surface area contributed by atoms with Crippen LogP contribution in [0.1, 0.15) is 52.3 Å². The van der Waals surface area contributed by atoms with Crippen molar-refractivity contribution in [2.45, 2.75) is 58.7 Å². The van der Waals surface area contributed by atoms with Crippen LogP contribution < -0.4 is 5.32 Å². The molecule has 1 atom stereocenters. The third kappa shape index (κ3) is 6.62. The first kappa shape index (κ1) is 17.5. The molecule has 1 aromatic rings. The Morgan fingerprint density at radius 1 is 1.43 bits per heavy atom. The van der Waals surface area contributed by atoms with E-state index in [0.29, 0.717) is 0 Å². The van der Waals surface area contributed by atoms with Crippen LogP contribution >= 0.6 is 0 Å². The van der Waals surface area contributed by atoms with Gasteiger partial charge < -0.3 is 19.4 Å². The maximum Gasteiger partial charge on any atom is 0.408 e. The van der Waals surface area contributed by atoms with E-state index in [4.69, 9.17) is 9.47 Å². The Bertz CT molecular complexity index is 438. The van der Waals surface area contributed by atoms with E-state index in [9.17, 15) is 4.79 Å². The third-order valence-corrected chi connectivity index (χ3v) is 2.92. The van der Waals surface area contributed by atoms with Crippen LogP contribution in [0.15, 0.2) is 12.5 Å². The minimum atomic E-state index is -0.496. The number of nitrogens with one attached hydrogen (secondary N) is 1. The zero-order valence-electron chi connectivity index (χ0n) is 13.7. The van der Waals surface area contributed by atoms with E-state index in [1.54, 1.807) is 19.6 Å². The van der Waals surface area contributed by atoms with Crippen LogP contribution in [-0.4, -0.2) is 35.0 Å². The monoisotopic (exact) mass is 297 g/mol. The van der Waals surface area contributed by atoms with Crippen molar-refractivity contribution in [1.82, 2.24) is 14.9 Å². The summed E-state index contributed by atoms with van der Waals surface area (Å²) >= 11 is 0. The lowest BCUT2D eigenvalue weighted by atomic mass is 10.2. The van der Waals surface area contributed by atoms with Crippen LogP contribution in [0, 0.1) is 0 Å². The van der Waals surface area contributed by atoms with Gasteiger partial charge in [0.1, 0.15) is 5.60 Å². The SMILES string of the molecule is COCCCCn1cncc1C(C)NC(=O)OC(C)(C)C. The van der Waals surface area contributed by atoms with Gasteiger partial charge in [-0.3, -0.25) is 0 Å². The maximum absolute atomic E-state index is 11.8. The van der Waals surface area contributed by atoms with Gasteiger partial charge >= 0.3 is 6.09 Å². The lowest BCUT2D eigenvalue weighted by molar-refractivity contribution is 0.0506. The van der Waals surface area contributed by atoms with Gasteiger partial charge in [-0.1, -0.05) is 0 Å². The number of hydrogen-bond donors (Lipinski definition) is 1. The van der Waals surface area contributed by atoms with Crippen molar-refractivity contribution in [3.05, 3.63) is 18.2 Å². The summed E-state index contributed by atoms with van der Waals surface area (Å²) in [6.07, 6.45) is 5.16. The van der Waals surface area contributed by atoms with Crippen molar-refractivity contribution in [1.29, 1.82) is 0 Å². The van der Waals surface area contributed by atoms with Gasteiger partial charge in [-0.05, 0) is 40.5 Å². The highest BCUT2D eigenvalue weighted by atomic mass is 16.6. The third-order valence-electron chi connectivity index (χ3n) is 2.92. The van der Waals surface area contributed by atoms with Crippen molar-refractivity contribution in [3.63, 3.8) is 0 Å². The number of aromatic nitrogens is 2. The van der Waals surface area contributed by atoms with Crippen molar-refractivity contribution in [2.75, 3.05) is 13.7 Å². The van der Waals surface area contributed by atoms with Crippen LogP contribution in [0.3, 0.4) is 0 Å². The number of ether oxygens (including phenoxy) is 2. The molecule has 21 heavy (non-hydrogen) atoms. The second kappa shape index (κ2) is 8.02. The summed E-state index contributed by atoms with van der Waals surface area (Å²) in [5, 5.41) is 2.83. The lowest BCUT2D eigenvalue weighted by Crippen LogP contribution is -2.34. The van der Waals surface area contributed by atoms with E-state index in [1.165, 1.54) is 0 Å². The van der Waals surface area contributed by atoms with Crippen molar-refractivity contribution in [3.8, 4) is 0 Å². The van der Waals surface area contributed by atoms with Crippen LogP contribution in [0.25, 0.3) is 0 Å². The smallest absolute Gasteiger partial charge is 0.408 e. The van der Waals surface area contributed by atoms with Crippen LogP contribution in [-0.2, 0) is 16.0 Å². The molecule has 0 aliphatic carbocycles. The molecule has 0 fully saturated rings. The Hall–Kier alpha value is -1.56. The van der Waals surface area contributed by atoms with Gasteiger partial charge in [-0.25, -0.2) is 9.78 Å². The highest BCUT2D eigenvalue weighted by molar-refractivity contribution is 5.68. The van der Waals surface area contributed by atoms with E-state index in [-0.39, 0.29) is 6.04 Å². The minimum Gasteiger partial charge on any atom is -0.444 e. The summed E-state index contributed by atoms with van der Waals surface area (Å²) in [6, 6.07) is -0.148. The molecule has 0 aliphatic heterocycles. The average Bonchev–Trinajstić information content (AvgIpc) is 2.80. The fraction of sp³-hybridized carbons (Fsp3) is 0.733. The number of unbranched alkanes of at least 4 members (excludes halogenated alkanes) is 1. The molecular formula is C15H27N3O3. The van der Waals surface area contributed by atoms with Crippen LogP contribution in [0.2, 0.25) is 0 Å². The Morgan fingerprint density at radius 2 is 2.14 bits per heavy atom. The van der Waals surface area contributed by atoms with Crippen molar-refractivity contribution in [2.24, 2.45) is 0 Å². The van der Waals surface area contributed by atoms with Crippen LogP contribution in [0.5, 0.6) is 0 Å². The Morgan fingerprint density at radius 3 is 2.76 bits per heavy atom. The maximum atomic E-state index is 11.8. The molecule has 0 saturated heterocycles. The number of rotatable bonds is 7. The number of nitrogens with zero attached hydrogens (tertiary/aromatic N) is 2. The number of amides is 1. The fourth-order valence-corrected chi connectivity index (χ4v) is 1.97. The average molecular weight is 297 g/mol. The van der Waals surface area contributed by atoms with Gasteiger partial charge in [0.05, 0.1) is 24.3 Å². The highest BCUT2D eigenvalue weighted by Crippen LogP contribution is 2.14. The fourth-order valence-electron chi connectivity index (χ4n) is 1.97. The second-order valence-electron chi connectivity index (χ2n) is 6.08. The first-order chi connectivity index (χ1) is 9.83. The zero-order valence-corrected chi connectivity index (χ0v) is 13.7. The summed E-state index contributed by atoms with van der Waals surface area (Å²) < 4.78 is 12.4. The van der Waals surface area contributed by atoms with Gasteiger partial charge in [0, 0.05) is 20.3 Å². The summed E-state index contributed by atoms with van der Waals surface area (Å²) in [6.45, 7) is 9.08. The van der Waals surface area contributed by atoms with E-state index in [2.05, 4.69) is 14.9 Å². The molecule has 6 heteroatoms. The first-order valence-electron chi connectivity index (χ1n) is 7.32. The van der Waals surface area contributed by atoms with Crippen LogP contribution in [0.4, 0.5) is 4.79 Å². The predicted molar refractivity (Wildman–Crippen MR) is 81.1 cm³/mol. The van der Waals surface area contributed by atoms with Crippen molar-refractivity contribution < 1.29 is 14.3 Å². The Balaban J connectivity index is 2.52. The minimum absolute atomic E-state index is 0.148. The zero-order chi connectivity index (χ0) is 15.9. The molecule has 0 radical (unpaired) electrons. The summed E-state index contributed by atoms with van der Waals surface area (Å²) in [7, 11) is 1.70. The highest BCUT2D eigenvalue weighted by Gasteiger charge is 2.19. The number of carbonyl (C=O) groups excluding carboxylic acids is 1. The first-order valence-corrected chi connectivity index (χ1v) is 7.32. The molecule has 6 nitrogen and oxygen atoms in total. The molecule has 0 saturated carbocycles. The van der Waals surface area contributed by atoms with Gasteiger partial charge in [-0.15, -0.1) is 0 Å². The molecule has 0 aromatic carbocycles. The second-order valence-corrected chi connectivity index (χ2v) is 6.08.